The van der Waals surface area contributed by atoms with E-state index in [0.29, 0.717) is 28.8 Å². The van der Waals surface area contributed by atoms with Crippen LogP contribution in [0.1, 0.15) is 17.3 Å². The minimum atomic E-state index is -0.379. The van der Waals surface area contributed by atoms with E-state index in [1.165, 1.54) is 12.1 Å². The zero-order valence-electron chi connectivity index (χ0n) is 16.2. The van der Waals surface area contributed by atoms with Crippen LogP contribution in [-0.4, -0.2) is 51.2 Å². The largest absolute Gasteiger partial charge is 0.481 e. The molecule has 1 saturated heterocycles. The van der Waals surface area contributed by atoms with Crippen LogP contribution in [0.4, 0.5) is 4.39 Å². The molecule has 0 N–H and O–H groups in total. The molecule has 30 heavy (non-hydrogen) atoms. The zero-order chi connectivity index (χ0) is 20.0. The first-order valence-corrected chi connectivity index (χ1v) is 9.72. The second kappa shape index (κ2) is 8.47. The van der Waals surface area contributed by atoms with E-state index in [-0.39, 0.29) is 30.4 Å². The first-order chi connectivity index (χ1) is 14.1. The van der Waals surface area contributed by atoms with Gasteiger partial charge in [-0.25, -0.2) is 14.1 Å². The Labute approximate surface area is 184 Å². The minimum Gasteiger partial charge on any atom is -0.481 e. The number of ether oxygens (including phenoxy) is 2. The maximum Gasteiger partial charge on any atom is 0.212 e. The summed E-state index contributed by atoms with van der Waals surface area (Å²) < 4.78 is 26.6. The second-order valence-corrected chi connectivity index (χ2v) is 7.68. The summed E-state index contributed by atoms with van der Waals surface area (Å²) in [5.41, 5.74) is 3.29. The van der Waals surface area contributed by atoms with Crippen molar-refractivity contribution >= 4 is 24.0 Å². The number of fused-ring (bicyclic) bond motifs is 3. The van der Waals surface area contributed by atoms with Gasteiger partial charge in [-0.05, 0) is 23.8 Å². The summed E-state index contributed by atoms with van der Waals surface area (Å²) in [5, 5.41) is 9.03. The highest BCUT2D eigenvalue weighted by Gasteiger charge is 2.40. The van der Waals surface area contributed by atoms with E-state index in [1.807, 2.05) is 23.0 Å². The molecule has 1 fully saturated rings. The fraction of sp³-hybridized carbons (Fsp3) is 0.350. The van der Waals surface area contributed by atoms with Crippen LogP contribution in [0.2, 0.25) is 5.02 Å². The molecule has 0 amide bonds. The summed E-state index contributed by atoms with van der Waals surface area (Å²) in [7, 11) is 1.60. The van der Waals surface area contributed by atoms with Gasteiger partial charge in [0, 0.05) is 37.5 Å². The third-order valence-corrected chi connectivity index (χ3v) is 5.76. The second-order valence-electron chi connectivity index (χ2n) is 7.27. The summed E-state index contributed by atoms with van der Waals surface area (Å²) >= 11 is 6.23. The molecule has 5 rings (SSSR count). The summed E-state index contributed by atoms with van der Waals surface area (Å²) in [6.45, 7) is 2.77. The first kappa shape index (κ1) is 21.0. The lowest BCUT2D eigenvalue weighted by Crippen LogP contribution is -2.32. The van der Waals surface area contributed by atoms with Crippen molar-refractivity contribution in [2.75, 3.05) is 20.2 Å². The maximum absolute atomic E-state index is 13.4. The number of pyridine rings is 1. The molecule has 0 radical (unpaired) electrons. The van der Waals surface area contributed by atoms with Gasteiger partial charge in [0.25, 0.3) is 0 Å². The molecule has 2 atom stereocenters. The maximum atomic E-state index is 13.4. The summed E-state index contributed by atoms with van der Waals surface area (Å²) in [6.07, 6.45) is 1.88. The Bertz CT molecular complexity index is 1050. The van der Waals surface area contributed by atoms with Crippen molar-refractivity contribution in [1.82, 2.24) is 24.9 Å². The van der Waals surface area contributed by atoms with Crippen LogP contribution in [0.15, 0.2) is 36.5 Å². The number of benzene rings is 1. The summed E-state index contributed by atoms with van der Waals surface area (Å²) in [5.74, 6) is 0.224. The molecule has 2 aromatic heterocycles. The number of methoxy groups -OCH3 is 1. The van der Waals surface area contributed by atoms with Gasteiger partial charge in [-0.3, -0.25) is 4.90 Å². The van der Waals surface area contributed by atoms with Crippen LogP contribution in [-0.2, 0) is 17.9 Å². The SMILES string of the molecule is COc1ccc(CN2C[C@@H]3OCc4c(-c5ccc(F)cc5Cl)nnn4[C@H]3C2)cn1.Cl. The van der Waals surface area contributed by atoms with Crippen LogP contribution in [0.5, 0.6) is 5.88 Å². The molecular formula is C20H20Cl2FN5O2. The van der Waals surface area contributed by atoms with Crippen molar-refractivity contribution in [3.05, 3.63) is 58.6 Å². The molecule has 2 aliphatic rings. The lowest BCUT2D eigenvalue weighted by Gasteiger charge is -2.26. The molecule has 10 heteroatoms. The molecule has 3 aromatic rings. The van der Waals surface area contributed by atoms with Gasteiger partial charge in [0.15, 0.2) is 0 Å². The molecule has 158 valence electrons. The quantitative estimate of drug-likeness (QED) is 0.604. The number of nitrogens with zero attached hydrogens (tertiary/aromatic N) is 5. The lowest BCUT2D eigenvalue weighted by atomic mass is 10.1. The van der Waals surface area contributed by atoms with E-state index in [9.17, 15) is 4.39 Å². The van der Waals surface area contributed by atoms with Gasteiger partial charge in [0.1, 0.15) is 11.5 Å². The van der Waals surface area contributed by atoms with Gasteiger partial charge < -0.3 is 9.47 Å². The number of halogens is 3. The molecule has 1 aromatic carbocycles. The molecule has 0 saturated carbocycles. The Morgan fingerprint density at radius 3 is 2.87 bits per heavy atom. The van der Waals surface area contributed by atoms with E-state index in [2.05, 4.69) is 20.2 Å². The topological polar surface area (TPSA) is 65.3 Å². The van der Waals surface area contributed by atoms with Crippen molar-refractivity contribution in [2.45, 2.75) is 25.3 Å². The Morgan fingerprint density at radius 1 is 1.27 bits per heavy atom. The van der Waals surface area contributed by atoms with Gasteiger partial charge in [-0.15, -0.1) is 17.5 Å². The van der Waals surface area contributed by atoms with Crippen molar-refractivity contribution in [2.24, 2.45) is 0 Å². The Hall–Kier alpha value is -2.26. The van der Waals surface area contributed by atoms with E-state index in [0.717, 1.165) is 30.9 Å². The highest BCUT2D eigenvalue weighted by molar-refractivity contribution is 6.33. The Balaban J connectivity index is 0.00000218. The van der Waals surface area contributed by atoms with Crippen LogP contribution >= 0.6 is 24.0 Å². The van der Waals surface area contributed by atoms with Gasteiger partial charge in [0.2, 0.25) is 5.88 Å². The van der Waals surface area contributed by atoms with E-state index < -0.39 is 0 Å². The van der Waals surface area contributed by atoms with Crippen molar-refractivity contribution in [3.63, 3.8) is 0 Å². The fourth-order valence-electron chi connectivity index (χ4n) is 4.03. The fourth-order valence-corrected chi connectivity index (χ4v) is 4.29. The van der Waals surface area contributed by atoms with E-state index in [4.69, 9.17) is 21.1 Å². The molecule has 2 aliphatic heterocycles. The smallest absolute Gasteiger partial charge is 0.212 e. The highest BCUT2D eigenvalue weighted by atomic mass is 35.5. The van der Waals surface area contributed by atoms with Crippen molar-refractivity contribution in [3.8, 4) is 17.1 Å². The number of hydrogen-bond acceptors (Lipinski definition) is 6. The predicted octanol–water partition coefficient (Wildman–Crippen LogP) is 3.52. The number of likely N-dealkylation sites (tertiary alicyclic amines) is 1. The van der Waals surface area contributed by atoms with Crippen molar-refractivity contribution < 1.29 is 13.9 Å². The monoisotopic (exact) mass is 451 g/mol. The van der Waals surface area contributed by atoms with E-state index in [1.54, 1.807) is 13.2 Å². The zero-order valence-corrected chi connectivity index (χ0v) is 17.7. The normalized spacial score (nSPS) is 20.4. The average molecular weight is 452 g/mol. The molecule has 4 heterocycles. The number of aromatic nitrogens is 4. The Morgan fingerprint density at radius 2 is 2.13 bits per heavy atom. The van der Waals surface area contributed by atoms with Gasteiger partial charge in [-0.1, -0.05) is 22.9 Å². The molecule has 0 unspecified atom stereocenters. The highest BCUT2D eigenvalue weighted by Crippen LogP contribution is 2.36. The molecule has 0 spiro atoms. The lowest BCUT2D eigenvalue weighted by molar-refractivity contribution is -0.00494. The molecule has 0 bridgehead atoms. The van der Waals surface area contributed by atoms with Crippen LogP contribution in [0.3, 0.4) is 0 Å². The number of hydrogen-bond donors (Lipinski definition) is 0. The van der Waals surface area contributed by atoms with Gasteiger partial charge in [-0.2, -0.15) is 0 Å². The molecular weight excluding hydrogens is 432 g/mol. The standard InChI is InChI=1S/C20H19ClFN5O2.ClH/c1-28-19-5-2-12(7-23-19)8-26-9-16-18(10-26)29-11-17-20(24-25-27(16)17)14-4-3-13(22)6-15(14)21;/h2-7,16,18H,8-11H2,1H3;1H/t16-,18-;/m0./s1. The van der Waals surface area contributed by atoms with Crippen molar-refractivity contribution in [1.29, 1.82) is 0 Å². The van der Waals surface area contributed by atoms with Gasteiger partial charge >= 0.3 is 0 Å². The average Bonchev–Trinajstić information content (AvgIpc) is 3.32. The van der Waals surface area contributed by atoms with Crippen LogP contribution in [0.25, 0.3) is 11.3 Å². The molecule has 7 nitrogen and oxygen atoms in total. The Kier molecular flexibility index (Phi) is 5.92. The van der Waals surface area contributed by atoms with Crippen LogP contribution < -0.4 is 4.74 Å². The third-order valence-electron chi connectivity index (χ3n) is 5.45. The van der Waals surface area contributed by atoms with E-state index >= 15 is 0 Å². The number of rotatable bonds is 4. The van der Waals surface area contributed by atoms with Gasteiger partial charge in [0.05, 0.1) is 36.6 Å². The third kappa shape index (κ3) is 3.76. The predicted molar refractivity (Wildman–Crippen MR) is 111 cm³/mol. The molecule has 0 aliphatic carbocycles. The minimum absolute atomic E-state index is 0. The van der Waals surface area contributed by atoms with Crippen LogP contribution in [0, 0.1) is 5.82 Å². The summed E-state index contributed by atoms with van der Waals surface area (Å²) in [6, 6.07) is 8.25. The summed E-state index contributed by atoms with van der Waals surface area (Å²) in [4.78, 5) is 6.59. The first-order valence-electron chi connectivity index (χ1n) is 9.34.